The minimum Gasteiger partial charge on any atom is -0.295 e. The van der Waals surface area contributed by atoms with Crippen LogP contribution in [0.15, 0.2) is 35.1 Å². The van der Waals surface area contributed by atoms with E-state index < -0.39 is 0 Å². The van der Waals surface area contributed by atoms with Crippen LogP contribution < -0.4 is 5.56 Å². The van der Waals surface area contributed by atoms with Gasteiger partial charge in [-0.1, -0.05) is 6.07 Å². The van der Waals surface area contributed by atoms with Gasteiger partial charge in [-0.3, -0.25) is 9.89 Å². The maximum atomic E-state index is 11.5. The third-order valence-electron chi connectivity index (χ3n) is 2.05. The summed E-state index contributed by atoms with van der Waals surface area (Å²) in [5.41, 5.74) is 1.70. The number of rotatable bonds is 1. The van der Waals surface area contributed by atoms with Crippen molar-refractivity contribution in [3.8, 4) is 5.69 Å². The Hall–Kier alpha value is -2.35. The molecular formula is C10H9N4O+. The summed E-state index contributed by atoms with van der Waals surface area (Å²) >= 11 is 0. The standard InChI is InChI=1S/C10H8N4O/c1-7-5-10(15)14(13-7)9-4-2-3-8(6-9)12-11/h2-6H,1H3/p+1. The van der Waals surface area contributed by atoms with Crippen LogP contribution in [-0.2, 0) is 0 Å². The second kappa shape index (κ2) is 3.42. The molecular weight excluding hydrogens is 192 g/mol. The lowest BCUT2D eigenvalue weighted by Gasteiger charge is -1.98. The highest BCUT2D eigenvalue weighted by Crippen LogP contribution is 2.15. The largest absolute Gasteiger partial charge is 0.387 e. The van der Waals surface area contributed by atoms with Gasteiger partial charge in [0.2, 0.25) is 5.39 Å². The smallest absolute Gasteiger partial charge is 0.295 e. The molecule has 0 atom stereocenters. The minimum atomic E-state index is -0.136. The van der Waals surface area contributed by atoms with Crippen molar-refractivity contribution in [1.29, 1.82) is 5.39 Å². The molecule has 1 heterocycles. The molecule has 15 heavy (non-hydrogen) atoms. The fourth-order valence-electron chi connectivity index (χ4n) is 1.40. The number of aryl methyl sites for hydroxylation is 1. The van der Waals surface area contributed by atoms with Gasteiger partial charge in [0.1, 0.15) is 0 Å². The zero-order valence-electron chi connectivity index (χ0n) is 8.14. The third kappa shape index (κ3) is 1.65. The van der Waals surface area contributed by atoms with E-state index in [0.29, 0.717) is 11.4 Å². The highest BCUT2D eigenvalue weighted by molar-refractivity contribution is 5.50. The molecule has 0 spiro atoms. The molecule has 1 aromatic heterocycles. The van der Waals surface area contributed by atoms with Gasteiger partial charge >= 0.3 is 5.69 Å². The van der Waals surface area contributed by atoms with Crippen LogP contribution in [0.25, 0.3) is 10.7 Å². The topological polar surface area (TPSA) is 65.9 Å². The molecule has 1 N–H and O–H groups in total. The zero-order valence-corrected chi connectivity index (χ0v) is 8.14. The van der Waals surface area contributed by atoms with Crippen LogP contribution in [0.1, 0.15) is 5.69 Å². The van der Waals surface area contributed by atoms with Crippen LogP contribution in [0.2, 0.25) is 0 Å². The van der Waals surface area contributed by atoms with Crippen molar-refractivity contribution in [3.63, 3.8) is 0 Å². The first kappa shape index (κ1) is 9.21. The monoisotopic (exact) mass is 201 g/mol. The Kier molecular flexibility index (Phi) is 2.10. The maximum absolute atomic E-state index is 11.5. The van der Waals surface area contributed by atoms with Gasteiger partial charge in [-0.05, 0) is 13.0 Å². The van der Waals surface area contributed by atoms with Gasteiger partial charge in [0.15, 0.2) is 4.98 Å². The second-order valence-corrected chi connectivity index (χ2v) is 3.23. The maximum Gasteiger partial charge on any atom is 0.387 e. The minimum absolute atomic E-state index is 0.136. The van der Waals surface area contributed by atoms with E-state index in [-0.39, 0.29) is 5.56 Å². The van der Waals surface area contributed by atoms with Crippen LogP contribution in [-0.4, -0.2) is 9.78 Å². The number of H-pyrrole nitrogens is 1. The first-order valence-corrected chi connectivity index (χ1v) is 4.45. The normalized spacial score (nSPS) is 9.87. The first-order chi connectivity index (χ1) is 7.20. The molecule has 0 amide bonds. The molecule has 0 aliphatic carbocycles. The number of nitrogens with one attached hydrogen (secondary N) is 1. The van der Waals surface area contributed by atoms with Crippen LogP contribution in [0, 0.1) is 12.3 Å². The number of benzene rings is 1. The Morgan fingerprint density at radius 3 is 2.80 bits per heavy atom. The van der Waals surface area contributed by atoms with Gasteiger partial charge in [-0.25, -0.2) is 4.68 Å². The predicted molar refractivity (Wildman–Crippen MR) is 55.9 cm³/mol. The molecule has 0 saturated heterocycles. The van der Waals surface area contributed by atoms with E-state index in [9.17, 15) is 4.79 Å². The summed E-state index contributed by atoms with van der Waals surface area (Å²) in [7, 11) is 0. The van der Waals surface area contributed by atoms with Crippen molar-refractivity contribution in [2.45, 2.75) is 6.92 Å². The SMILES string of the molecule is Cc1cc(=O)n(-c2cccc([N+]#N)c2)[nH]1. The molecule has 0 aliphatic rings. The highest BCUT2D eigenvalue weighted by Gasteiger charge is 2.08. The molecule has 5 heteroatoms. The molecule has 1 aromatic carbocycles. The van der Waals surface area contributed by atoms with E-state index in [0.717, 1.165) is 5.69 Å². The van der Waals surface area contributed by atoms with E-state index in [2.05, 4.69) is 10.1 Å². The number of hydrogen-bond acceptors (Lipinski definition) is 2. The van der Waals surface area contributed by atoms with E-state index >= 15 is 0 Å². The number of hydrogen-bond donors (Lipinski definition) is 1. The van der Waals surface area contributed by atoms with E-state index in [1.807, 2.05) is 0 Å². The van der Waals surface area contributed by atoms with Crippen molar-refractivity contribution in [1.82, 2.24) is 9.78 Å². The Balaban J connectivity index is 2.60. The number of aromatic nitrogens is 2. The Labute approximate surface area is 85.6 Å². The lowest BCUT2D eigenvalue weighted by Crippen LogP contribution is -2.13. The van der Waals surface area contributed by atoms with E-state index in [1.165, 1.54) is 10.7 Å². The third-order valence-corrected chi connectivity index (χ3v) is 2.05. The average molecular weight is 201 g/mol. The van der Waals surface area contributed by atoms with Gasteiger partial charge < -0.3 is 0 Å². The van der Waals surface area contributed by atoms with E-state index in [4.69, 9.17) is 5.39 Å². The summed E-state index contributed by atoms with van der Waals surface area (Å²) in [4.78, 5) is 14.5. The molecule has 0 unspecified atom stereocenters. The van der Waals surface area contributed by atoms with Crippen LogP contribution >= 0.6 is 0 Å². The fraction of sp³-hybridized carbons (Fsp3) is 0.100. The van der Waals surface area contributed by atoms with Gasteiger partial charge in [0, 0.05) is 17.8 Å². The average Bonchev–Trinajstić information content (AvgIpc) is 2.58. The predicted octanol–water partition coefficient (Wildman–Crippen LogP) is 1.96. The molecule has 2 rings (SSSR count). The van der Waals surface area contributed by atoms with Gasteiger partial charge in [0.05, 0.1) is 11.8 Å². The lowest BCUT2D eigenvalue weighted by atomic mass is 10.3. The van der Waals surface area contributed by atoms with Crippen molar-refractivity contribution < 1.29 is 0 Å². The van der Waals surface area contributed by atoms with Gasteiger partial charge in [0.25, 0.3) is 5.56 Å². The van der Waals surface area contributed by atoms with Gasteiger partial charge in [-0.15, -0.1) is 0 Å². The Morgan fingerprint density at radius 2 is 2.20 bits per heavy atom. The number of nitrogens with zero attached hydrogens (tertiary/aromatic N) is 3. The van der Waals surface area contributed by atoms with Crippen LogP contribution in [0.3, 0.4) is 0 Å². The number of diazo groups is 1. The Morgan fingerprint density at radius 1 is 1.40 bits per heavy atom. The van der Waals surface area contributed by atoms with Crippen LogP contribution in [0.4, 0.5) is 5.69 Å². The molecule has 0 radical (unpaired) electrons. The summed E-state index contributed by atoms with van der Waals surface area (Å²) in [6.07, 6.45) is 0. The Bertz CT molecular complexity index is 588. The number of aromatic amines is 1. The van der Waals surface area contributed by atoms with Crippen molar-refractivity contribution in [3.05, 3.63) is 51.4 Å². The van der Waals surface area contributed by atoms with Gasteiger partial charge in [-0.2, -0.15) is 0 Å². The van der Waals surface area contributed by atoms with Crippen LogP contribution in [0.5, 0.6) is 0 Å². The molecule has 2 aromatic rings. The first-order valence-electron chi connectivity index (χ1n) is 4.45. The fourth-order valence-corrected chi connectivity index (χ4v) is 1.40. The molecule has 0 aliphatic heterocycles. The van der Waals surface area contributed by atoms with Crippen molar-refractivity contribution in [2.75, 3.05) is 0 Å². The molecule has 74 valence electrons. The van der Waals surface area contributed by atoms with Crippen molar-refractivity contribution >= 4 is 5.69 Å². The van der Waals surface area contributed by atoms with E-state index in [1.54, 1.807) is 31.2 Å². The quantitative estimate of drug-likeness (QED) is 0.716. The van der Waals surface area contributed by atoms with Crippen molar-refractivity contribution in [2.24, 2.45) is 0 Å². The highest BCUT2D eigenvalue weighted by atomic mass is 16.1. The molecule has 0 saturated carbocycles. The second-order valence-electron chi connectivity index (χ2n) is 3.23. The summed E-state index contributed by atoms with van der Waals surface area (Å²) < 4.78 is 1.39. The molecule has 0 bridgehead atoms. The summed E-state index contributed by atoms with van der Waals surface area (Å²) in [5, 5.41) is 11.5. The molecule has 0 fully saturated rings. The summed E-state index contributed by atoms with van der Waals surface area (Å²) in [5.74, 6) is 0. The summed E-state index contributed by atoms with van der Waals surface area (Å²) in [6, 6.07) is 8.23. The summed E-state index contributed by atoms with van der Waals surface area (Å²) in [6.45, 7) is 1.80. The lowest BCUT2D eigenvalue weighted by molar-refractivity contribution is 0.836. The zero-order chi connectivity index (χ0) is 10.8. The molecule has 5 nitrogen and oxygen atoms in total.